The summed E-state index contributed by atoms with van der Waals surface area (Å²) < 4.78 is 11.8. The molecule has 0 aliphatic carbocycles. The first-order valence-corrected chi connectivity index (χ1v) is 5.53. The van der Waals surface area contributed by atoms with Gasteiger partial charge in [0.2, 0.25) is 0 Å². The molecule has 1 fully saturated rings. The summed E-state index contributed by atoms with van der Waals surface area (Å²) in [6.07, 6.45) is 1.06. The summed E-state index contributed by atoms with van der Waals surface area (Å²) in [6.45, 7) is 1.41. The normalized spacial score (nSPS) is 19.9. The standard InChI is InChI=1S/C11H10BrNO2/c12-10-5-8(6-13)1-2-11(10)15-9-3-4-14-7-9/h1-2,5,9H,3-4,7H2. The molecule has 4 heteroatoms. The Morgan fingerprint density at radius 3 is 3.00 bits per heavy atom. The van der Waals surface area contributed by atoms with Crippen LogP contribution < -0.4 is 4.74 Å². The Kier molecular flexibility index (Phi) is 3.24. The van der Waals surface area contributed by atoms with Crippen LogP contribution in [0.25, 0.3) is 0 Å². The highest BCUT2D eigenvalue weighted by Gasteiger charge is 2.18. The third kappa shape index (κ3) is 2.49. The first kappa shape index (κ1) is 10.5. The van der Waals surface area contributed by atoms with Gasteiger partial charge in [0.15, 0.2) is 0 Å². The molecule has 1 unspecified atom stereocenters. The Morgan fingerprint density at radius 2 is 2.40 bits per heavy atom. The smallest absolute Gasteiger partial charge is 0.134 e. The highest BCUT2D eigenvalue weighted by atomic mass is 79.9. The quantitative estimate of drug-likeness (QED) is 0.827. The molecule has 1 aliphatic heterocycles. The van der Waals surface area contributed by atoms with Crippen LogP contribution >= 0.6 is 15.9 Å². The first-order chi connectivity index (χ1) is 7.29. The minimum absolute atomic E-state index is 0.134. The number of ether oxygens (including phenoxy) is 2. The van der Waals surface area contributed by atoms with Crippen molar-refractivity contribution >= 4 is 15.9 Å². The van der Waals surface area contributed by atoms with Crippen LogP contribution in [-0.4, -0.2) is 19.3 Å². The molecule has 78 valence electrons. The van der Waals surface area contributed by atoms with E-state index in [9.17, 15) is 0 Å². The van der Waals surface area contributed by atoms with Gasteiger partial charge in [0.05, 0.1) is 29.3 Å². The lowest BCUT2D eigenvalue weighted by atomic mass is 10.2. The molecule has 0 radical (unpaired) electrons. The molecule has 0 amide bonds. The molecule has 15 heavy (non-hydrogen) atoms. The Balaban J connectivity index is 2.11. The molecule has 0 saturated carbocycles. The van der Waals surface area contributed by atoms with Gasteiger partial charge in [-0.15, -0.1) is 0 Å². The van der Waals surface area contributed by atoms with Gasteiger partial charge in [-0.25, -0.2) is 0 Å². The van der Waals surface area contributed by atoms with E-state index in [1.54, 1.807) is 18.2 Å². The van der Waals surface area contributed by atoms with E-state index < -0.39 is 0 Å². The average Bonchev–Trinajstić information content (AvgIpc) is 2.74. The summed E-state index contributed by atoms with van der Waals surface area (Å²) in [5, 5.41) is 8.71. The van der Waals surface area contributed by atoms with E-state index in [4.69, 9.17) is 14.7 Å². The number of nitriles is 1. The molecular formula is C11H10BrNO2. The van der Waals surface area contributed by atoms with Crippen molar-refractivity contribution in [2.24, 2.45) is 0 Å². The van der Waals surface area contributed by atoms with Gasteiger partial charge in [0.25, 0.3) is 0 Å². The number of benzene rings is 1. The Hall–Kier alpha value is -1.05. The molecule has 0 N–H and O–H groups in total. The second-order valence-corrected chi connectivity index (χ2v) is 4.21. The number of nitrogens with zero attached hydrogens (tertiary/aromatic N) is 1. The lowest BCUT2D eigenvalue weighted by Gasteiger charge is -2.13. The summed E-state index contributed by atoms with van der Waals surface area (Å²) in [5.74, 6) is 0.768. The third-order valence-electron chi connectivity index (χ3n) is 2.24. The van der Waals surface area contributed by atoms with Crippen LogP contribution in [-0.2, 0) is 4.74 Å². The van der Waals surface area contributed by atoms with Crippen LogP contribution in [0.5, 0.6) is 5.75 Å². The van der Waals surface area contributed by atoms with E-state index in [2.05, 4.69) is 22.0 Å². The van der Waals surface area contributed by atoms with Crippen LogP contribution in [0, 0.1) is 11.3 Å². The third-order valence-corrected chi connectivity index (χ3v) is 2.86. The largest absolute Gasteiger partial charge is 0.487 e. The van der Waals surface area contributed by atoms with Gasteiger partial charge in [-0.2, -0.15) is 5.26 Å². The highest BCUT2D eigenvalue weighted by molar-refractivity contribution is 9.10. The van der Waals surface area contributed by atoms with E-state index in [0.29, 0.717) is 12.2 Å². The molecule has 1 heterocycles. The fourth-order valence-corrected chi connectivity index (χ4v) is 1.92. The molecular weight excluding hydrogens is 258 g/mol. The average molecular weight is 268 g/mol. The van der Waals surface area contributed by atoms with Gasteiger partial charge < -0.3 is 9.47 Å². The van der Waals surface area contributed by atoms with Crippen LogP contribution in [0.4, 0.5) is 0 Å². The zero-order chi connectivity index (χ0) is 10.7. The molecule has 1 atom stereocenters. The van der Waals surface area contributed by atoms with Gasteiger partial charge in [-0.1, -0.05) is 0 Å². The summed E-state index contributed by atoms with van der Waals surface area (Å²) in [4.78, 5) is 0. The molecule has 1 saturated heterocycles. The van der Waals surface area contributed by atoms with Gasteiger partial charge in [0.1, 0.15) is 11.9 Å². The monoisotopic (exact) mass is 267 g/mol. The fraction of sp³-hybridized carbons (Fsp3) is 0.364. The maximum atomic E-state index is 8.71. The molecule has 2 rings (SSSR count). The van der Waals surface area contributed by atoms with E-state index in [-0.39, 0.29) is 6.10 Å². The molecule has 3 nitrogen and oxygen atoms in total. The second-order valence-electron chi connectivity index (χ2n) is 3.36. The minimum Gasteiger partial charge on any atom is -0.487 e. The maximum Gasteiger partial charge on any atom is 0.134 e. The van der Waals surface area contributed by atoms with Crippen molar-refractivity contribution in [3.8, 4) is 11.8 Å². The number of hydrogen-bond acceptors (Lipinski definition) is 3. The van der Waals surface area contributed by atoms with E-state index in [1.807, 2.05) is 0 Å². The summed E-state index contributed by atoms with van der Waals surface area (Å²) in [5.41, 5.74) is 0.622. The molecule has 0 aromatic heterocycles. The predicted octanol–water partition coefficient (Wildman–Crippen LogP) is 2.49. The van der Waals surface area contributed by atoms with Gasteiger partial charge in [0, 0.05) is 6.42 Å². The molecule has 1 aliphatic rings. The Bertz CT molecular complexity index is 394. The van der Waals surface area contributed by atoms with Crippen LogP contribution in [0.15, 0.2) is 22.7 Å². The summed E-state index contributed by atoms with van der Waals surface area (Å²) in [7, 11) is 0. The van der Waals surface area contributed by atoms with Crippen molar-refractivity contribution in [1.82, 2.24) is 0 Å². The van der Waals surface area contributed by atoms with E-state index in [0.717, 1.165) is 23.2 Å². The van der Waals surface area contributed by atoms with Crippen LogP contribution in [0.3, 0.4) is 0 Å². The van der Waals surface area contributed by atoms with E-state index >= 15 is 0 Å². The lowest BCUT2D eigenvalue weighted by Crippen LogP contribution is -2.15. The number of rotatable bonds is 2. The van der Waals surface area contributed by atoms with Crippen LogP contribution in [0.2, 0.25) is 0 Å². The Morgan fingerprint density at radius 1 is 1.53 bits per heavy atom. The molecule has 0 bridgehead atoms. The number of hydrogen-bond donors (Lipinski definition) is 0. The van der Waals surface area contributed by atoms with Crippen molar-refractivity contribution in [2.75, 3.05) is 13.2 Å². The zero-order valence-electron chi connectivity index (χ0n) is 8.07. The molecule has 1 aromatic carbocycles. The Labute approximate surface area is 96.7 Å². The first-order valence-electron chi connectivity index (χ1n) is 4.73. The van der Waals surface area contributed by atoms with Gasteiger partial charge in [-0.05, 0) is 34.1 Å². The van der Waals surface area contributed by atoms with Crippen molar-refractivity contribution < 1.29 is 9.47 Å². The fourth-order valence-electron chi connectivity index (χ4n) is 1.45. The second kappa shape index (κ2) is 4.65. The zero-order valence-corrected chi connectivity index (χ0v) is 9.66. The van der Waals surface area contributed by atoms with Crippen molar-refractivity contribution in [3.63, 3.8) is 0 Å². The SMILES string of the molecule is N#Cc1ccc(OC2CCOC2)c(Br)c1. The lowest BCUT2D eigenvalue weighted by molar-refractivity contribution is 0.141. The summed E-state index contributed by atoms with van der Waals surface area (Å²) >= 11 is 3.38. The molecule has 1 aromatic rings. The van der Waals surface area contributed by atoms with Crippen LogP contribution in [0.1, 0.15) is 12.0 Å². The molecule has 0 spiro atoms. The number of halogens is 1. The minimum atomic E-state index is 0.134. The van der Waals surface area contributed by atoms with Gasteiger partial charge in [-0.3, -0.25) is 0 Å². The van der Waals surface area contributed by atoms with Crippen molar-refractivity contribution in [3.05, 3.63) is 28.2 Å². The summed E-state index contributed by atoms with van der Waals surface area (Å²) in [6, 6.07) is 7.39. The highest BCUT2D eigenvalue weighted by Crippen LogP contribution is 2.27. The van der Waals surface area contributed by atoms with Crippen molar-refractivity contribution in [2.45, 2.75) is 12.5 Å². The van der Waals surface area contributed by atoms with Crippen molar-refractivity contribution in [1.29, 1.82) is 5.26 Å². The predicted molar refractivity (Wildman–Crippen MR) is 58.7 cm³/mol. The van der Waals surface area contributed by atoms with Gasteiger partial charge >= 0.3 is 0 Å². The van der Waals surface area contributed by atoms with E-state index in [1.165, 1.54) is 0 Å². The maximum absolute atomic E-state index is 8.71. The topological polar surface area (TPSA) is 42.2 Å².